The number of pyridine rings is 1. The Hall–Kier alpha value is -3.27. The van der Waals surface area contributed by atoms with E-state index in [4.69, 9.17) is 4.74 Å². The minimum atomic E-state index is -0.221. The van der Waals surface area contributed by atoms with E-state index in [1.807, 2.05) is 4.90 Å². The number of aromatic nitrogens is 1. The Morgan fingerprint density at radius 3 is 2.68 bits per heavy atom. The van der Waals surface area contributed by atoms with Crippen LogP contribution in [0.25, 0.3) is 0 Å². The number of piperazine rings is 1. The fourth-order valence-corrected chi connectivity index (χ4v) is 2.85. The Kier molecular flexibility index (Phi) is 4.70. The van der Waals surface area contributed by atoms with Crippen LogP contribution in [-0.4, -0.2) is 54.2 Å². The molecule has 0 spiro atoms. The zero-order chi connectivity index (χ0) is 17.8. The Morgan fingerprint density at radius 1 is 1.28 bits per heavy atom. The molecule has 128 valence electrons. The minimum Gasteiger partial charge on any atom is -0.507 e. The summed E-state index contributed by atoms with van der Waals surface area (Å²) >= 11 is 0. The summed E-state index contributed by atoms with van der Waals surface area (Å²) in [5, 5.41) is 19.2. The van der Waals surface area contributed by atoms with Gasteiger partial charge in [-0.1, -0.05) is 0 Å². The van der Waals surface area contributed by atoms with Crippen LogP contribution in [0.5, 0.6) is 11.5 Å². The predicted octanol–water partition coefficient (Wildman–Crippen LogP) is 1.63. The molecule has 7 heteroatoms. The maximum atomic E-state index is 12.6. The summed E-state index contributed by atoms with van der Waals surface area (Å²) in [6.07, 6.45) is 1.66. The molecule has 1 aliphatic rings. The highest BCUT2D eigenvalue weighted by molar-refractivity contribution is 5.97. The highest BCUT2D eigenvalue weighted by atomic mass is 16.5. The van der Waals surface area contributed by atoms with Crippen molar-refractivity contribution in [2.24, 2.45) is 0 Å². The van der Waals surface area contributed by atoms with Crippen molar-refractivity contribution in [3.8, 4) is 17.6 Å². The first-order valence-corrected chi connectivity index (χ1v) is 7.90. The van der Waals surface area contributed by atoms with Gasteiger partial charge in [-0.25, -0.2) is 4.98 Å². The van der Waals surface area contributed by atoms with Gasteiger partial charge in [0.2, 0.25) is 0 Å². The number of carbonyl (C=O) groups excluding carboxylic acids is 1. The number of phenols is 1. The molecule has 1 aromatic heterocycles. The van der Waals surface area contributed by atoms with Gasteiger partial charge in [0.15, 0.2) is 0 Å². The molecule has 25 heavy (non-hydrogen) atoms. The first-order valence-electron chi connectivity index (χ1n) is 7.90. The third-order valence-electron chi connectivity index (χ3n) is 4.21. The van der Waals surface area contributed by atoms with Crippen LogP contribution in [0, 0.1) is 11.3 Å². The zero-order valence-corrected chi connectivity index (χ0v) is 13.8. The number of benzene rings is 1. The number of hydrogen-bond acceptors (Lipinski definition) is 6. The Balaban J connectivity index is 1.70. The number of carbonyl (C=O) groups is 1. The summed E-state index contributed by atoms with van der Waals surface area (Å²) in [5.74, 6) is 0.826. The number of nitriles is 1. The lowest BCUT2D eigenvalue weighted by atomic mass is 10.1. The predicted molar refractivity (Wildman–Crippen MR) is 91.7 cm³/mol. The van der Waals surface area contributed by atoms with Gasteiger partial charge in [-0.15, -0.1) is 0 Å². The van der Waals surface area contributed by atoms with Crippen LogP contribution in [-0.2, 0) is 0 Å². The van der Waals surface area contributed by atoms with Crippen LogP contribution in [0.15, 0.2) is 36.5 Å². The second kappa shape index (κ2) is 7.09. The molecule has 1 aromatic carbocycles. The summed E-state index contributed by atoms with van der Waals surface area (Å²) in [7, 11) is 1.50. The Morgan fingerprint density at radius 2 is 2.04 bits per heavy atom. The van der Waals surface area contributed by atoms with Crippen molar-refractivity contribution in [3.05, 3.63) is 47.7 Å². The van der Waals surface area contributed by atoms with Crippen LogP contribution in [0.1, 0.15) is 15.9 Å². The third kappa shape index (κ3) is 3.33. The molecule has 1 fully saturated rings. The van der Waals surface area contributed by atoms with Gasteiger partial charge in [-0.05, 0) is 24.3 Å². The van der Waals surface area contributed by atoms with E-state index in [-0.39, 0.29) is 17.2 Å². The van der Waals surface area contributed by atoms with Crippen LogP contribution in [0.2, 0.25) is 0 Å². The molecule has 3 rings (SSSR count). The van der Waals surface area contributed by atoms with Gasteiger partial charge in [0.25, 0.3) is 5.91 Å². The van der Waals surface area contributed by atoms with Gasteiger partial charge in [-0.3, -0.25) is 4.79 Å². The topological polar surface area (TPSA) is 89.7 Å². The van der Waals surface area contributed by atoms with Crippen LogP contribution < -0.4 is 9.64 Å². The molecule has 0 bridgehead atoms. The lowest BCUT2D eigenvalue weighted by Gasteiger charge is -2.35. The smallest absolute Gasteiger partial charge is 0.257 e. The largest absolute Gasteiger partial charge is 0.507 e. The second-order valence-electron chi connectivity index (χ2n) is 5.65. The van der Waals surface area contributed by atoms with Crippen molar-refractivity contribution in [2.75, 3.05) is 38.2 Å². The first kappa shape index (κ1) is 16.6. The number of anilines is 1. The quantitative estimate of drug-likeness (QED) is 0.915. The molecule has 1 amide bonds. The average molecular weight is 338 g/mol. The fourth-order valence-electron chi connectivity index (χ4n) is 2.85. The Bertz CT molecular complexity index is 823. The van der Waals surface area contributed by atoms with E-state index in [0.29, 0.717) is 43.3 Å². The Labute approximate surface area is 145 Å². The number of nitrogens with zero attached hydrogens (tertiary/aromatic N) is 4. The van der Waals surface area contributed by atoms with E-state index in [2.05, 4.69) is 11.1 Å². The van der Waals surface area contributed by atoms with E-state index in [0.717, 1.165) is 0 Å². The number of ether oxygens (including phenoxy) is 1. The van der Waals surface area contributed by atoms with E-state index >= 15 is 0 Å². The van der Waals surface area contributed by atoms with Gasteiger partial charge in [0, 0.05) is 38.4 Å². The normalized spacial score (nSPS) is 14.1. The molecule has 0 unspecified atom stereocenters. The number of rotatable bonds is 3. The molecule has 0 saturated carbocycles. The van der Waals surface area contributed by atoms with Gasteiger partial charge in [0.05, 0.1) is 18.2 Å². The molecule has 1 N–H and O–H groups in total. The molecule has 1 saturated heterocycles. The SMILES string of the molecule is COc1ccc(C(=O)N2CCN(c3ncccc3C#N)CC2)c(O)c1. The van der Waals surface area contributed by atoms with E-state index in [1.54, 1.807) is 35.4 Å². The number of hydrogen-bond donors (Lipinski definition) is 1. The lowest BCUT2D eigenvalue weighted by Crippen LogP contribution is -2.49. The lowest BCUT2D eigenvalue weighted by molar-refractivity contribution is 0.0743. The van der Waals surface area contributed by atoms with Crippen molar-refractivity contribution < 1.29 is 14.6 Å². The second-order valence-corrected chi connectivity index (χ2v) is 5.65. The maximum Gasteiger partial charge on any atom is 0.257 e. The zero-order valence-electron chi connectivity index (χ0n) is 13.8. The summed E-state index contributed by atoms with van der Waals surface area (Å²) in [6, 6.07) is 10.2. The van der Waals surface area contributed by atoms with Crippen LogP contribution in [0.3, 0.4) is 0 Å². The highest BCUT2D eigenvalue weighted by Crippen LogP contribution is 2.25. The van der Waals surface area contributed by atoms with Gasteiger partial charge < -0.3 is 19.6 Å². The molecular weight excluding hydrogens is 320 g/mol. The molecule has 2 aromatic rings. The molecule has 0 radical (unpaired) electrons. The van der Waals surface area contributed by atoms with Crippen molar-refractivity contribution in [3.63, 3.8) is 0 Å². The van der Waals surface area contributed by atoms with Crippen LogP contribution >= 0.6 is 0 Å². The number of phenolic OH excluding ortho intramolecular Hbond substituents is 1. The molecule has 0 atom stereocenters. The van der Waals surface area contributed by atoms with E-state index < -0.39 is 0 Å². The van der Waals surface area contributed by atoms with E-state index in [1.165, 1.54) is 13.2 Å². The van der Waals surface area contributed by atoms with Crippen molar-refractivity contribution in [2.45, 2.75) is 0 Å². The van der Waals surface area contributed by atoms with Crippen LogP contribution in [0.4, 0.5) is 5.82 Å². The third-order valence-corrected chi connectivity index (χ3v) is 4.21. The fraction of sp³-hybridized carbons (Fsp3) is 0.278. The molecule has 7 nitrogen and oxygen atoms in total. The number of aromatic hydroxyl groups is 1. The molecular formula is C18H18N4O3. The van der Waals surface area contributed by atoms with Gasteiger partial charge in [-0.2, -0.15) is 5.26 Å². The monoisotopic (exact) mass is 338 g/mol. The van der Waals surface area contributed by atoms with Crippen molar-refractivity contribution in [1.82, 2.24) is 9.88 Å². The van der Waals surface area contributed by atoms with Gasteiger partial charge >= 0.3 is 0 Å². The summed E-state index contributed by atoms with van der Waals surface area (Å²) < 4.78 is 5.04. The van der Waals surface area contributed by atoms with Crippen molar-refractivity contribution in [1.29, 1.82) is 5.26 Å². The summed E-state index contributed by atoms with van der Waals surface area (Å²) in [5.41, 5.74) is 0.778. The molecule has 0 aliphatic carbocycles. The molecule has 1 aliphatic heterocycles. The standard InChI is InChI=1S/C18H18N4O3/c1-25-14-4-5-15(16(23)11-14)18(24)22-9-7-21(8-10-22)17-13(12-19)3-2-6-20-17/h2-6,11,23H,7-10H2,1H3. The summed E-state index contributed by atoms with van der Waals surface area (Å²) in [4.78, 5) is 20.6. The maximum absolute atomic E-state index is 12.6. The first-order chi connectivity index (χ1) is 12.1. The molecule has 2 heterocycles. The highest BCUT2D eigenvalue weighted by Gasteiger charge is 2.25. The minimum absolute atomic E-state index is 0.0942. The summed E-state index contributed by atoms with van der Waals surface area (Å²) in [6.45, 7) is 2.14. The average Bonchev–Trinajstić information content (AvgIpc) is 2.67. The van der Waals surface area contributed by atoms with Gasteiger partial charge in [0.1, 0.15) is 23.4 Å². The number of amides is 1. The van der Waals surface area contributed by atoms with Crippen molar-refractivity contribution >= 4 is 11.7 Å². The number of methoxy groups -OCH3 is 1. The van der Waals surface area contributed by atoms with E-state index in [9.17, 15) is 15.2 Å².